The van der Waals surface area contributed by atoms with Gasteiger partial charge in [0.15, 0.2) is 5.82 Å². The number of carbonyl (C=O) groups excluding carboxylic acids is 1. The van der Waals surface area contributed by atoms with Crippen molar-refractivity contribution in [2.24, 2.45) is 0 Å². The van der Waals surface area contributed by atoms with Gasteiger partial charge >= 0.3 is 0 Å². The van der Waals surface area contributed by atoms with Crippen LogP contribution in [0.5, 0.6) is 0 Å². The SMILES string of the molecule is CCCCCCCSc1ccc(NC(=O)c2ccc3c(n2)CB(C#N)C3)nn1. The second-order valence-electron chi connectivity index (χ2n) is 7.01. The molecular formula is C20H24BN5OS. The van der Waals surface area contributed by atoms with Gasteiger partial charge in [-0.05, 0) is 48.6 Å². The highest BCUT2D eigenvalue weighted by atomic mass is 32.2. The second-order valence-corrected chi connectivity index (χ2v) is 8.13. The maximum absolute atomic E-state index is 12.4. The molecule has 0 saturated heterocycles. The van der Waals surface area contributed by atoms with E-state index in [1.165, 1.54) is 32.1 Å². The van der Waals surface area contributed by atoms with Crippen LogP contribution in [0.3, 0.4) is 0 Å². The van der Waals surface area contributed by atoms with E-state index < -0.39 is 0 Å². The van der Waals surface area contributed by atoms with Crippen LogP contribution in [0.15, 0.2) is 29.3 Å². The van der Waals surface area contributed by atoms with Crippen LogP contribution in [0.25, 0.3) is 0 Å². The Hall–Kier alpha value is -2.40. The molecule has 2 aromatic heterocycles. The molecule has 0 unspecified atom stereocenters. The number of aromatic nitrogens is 3. The van der Waals surface area contributed by atoms with Gasteiger partial charge in [-0.1, -0.05) is 38.7 Å². The third-order valence-corrected chi connectivity index (χ3v) is 5.78. The summed E-state index contributed by atoms with van der Waals surface area (Å²) in [6.45, 7) is 2.18. The molecule has 2 aromatic rings. The summed E-state index contributed by atoms with van der Waals surface area (Å²) in [5.74, 6) is 3.41. The van der Waals surface area contributed by atoms with Crippen molar-refractivity contribution < 1.29 is 4.79 Å². The zero-order valence-corrected chi connectivity index (χ0v) is 17.0. The van der Waals surface area contributed by atoms with Crippen LogP contribution >= 0.6 is 11.8 Å². The van der Waals surface area contributed by atoms with Gasteiger partial charge in [0.05, 0.1) is 0 Å². The largest absolute Gasteiger partial charge is 0.304 e. The van der Waals surface area contributed by atoms with Crippen LogP contribution < -0.4 is 5.32 Å². The van der Waals surface area contributed by atoms with E-state index in [0.717, 1.165) is 22.0 Å². The van der Waals surface area contributed by atoms with Gasteiger partial charge in [0.1, 0.15) is 10.7 Å². The zero-order chi connectivity index (χ0) is 19.8. The molecular weight excluding hydrogens is 369 g/mol. The Morgan fingerprint density at radius 3 is 2.79 bits per heavy atom. The Kier molecular flexibility index (Phi) is 7.43. The van der Waals surface area contributed by atoms with E-state index in [1.54, 1.807) is 23.9 Å². The van der Waals surface area contributed by atoms with Gasteiger partial charge in [0.2, 0.25) is 0 Å². The predicted octanol–water partition coefficient (Wildman–Crippen LogP) is 3.92. The summed E-state index contributed by atoms with van der Waals surface area (Å²) in [7, 11) is 0. The Labute approximate surface area is 170 Å². The number of amides is 1. The molecule has 0 atom stereocenters. The van der Waals surface area contributed by atoms with E-state index in [4.69, 9.17) is 5.26 Å². The lowest BCUT2D eigenvalue weighted by Gasteiger charge is -2.06. The molecule has 0 aliphatic carbocycles. The van der Waals surface area contributed by atoms with Crippen molar-refractivity contribution in [3.05, 3.63) is 41.2 Å². The lowest BCUT2D eigenvalue weighted by Crippen LogP contribution is -2.16. The topological polar surface area (TPSA) is 91.6 Å². The maximum Gasteiger partial charge on any atom is 0.278 e. The molecule has 1 N–H and O–H groups in total. The summed E-state index contributed by atoms with van der Waals surface area (Å²) in [4.78, 5) is 16.9. The molecule has 0 saturated carbocycles. The minimum Gasteiger partial charge on any atom is -0.304 e. The normalized spacial score (nSPS) is 12.5. The number of anilines is 1. The van der Waals surface area contributed by atoms with E-state index in [1.807, 2.05) is 12.1 Å². The third kappa shape index (κ3) is 5.55. The first-order chi connectivity index (χ1) is 13.7. The number of nitrogens with one attached hydrogen (secondary N) is 1. The van der Waals surface area contributed by atoms with Crippen LogP contribution in [0.1, 0.15) is 60.8 Å². The molecule has 1 amide bonds. The lowest BCUT2D eigenvalue weighted by atomic mass is 9.49. The molecule has 0 bridgehead atoms. The average molecular weight is 393 g/mol. The number of hydrogen-bond donors (Lipinski definition) is 1. The summed E-state index contributed by atoms with van der Waals surface area (Å²) >= 11 is 1.69. The summed E-state index contributed by atoms with van der Waals surface area (Å²) in [6, 6.07) is 7.24. The number of thioether (sulfide) groups is 1. The summed E-state index contributed by atoms with van der Waals surface area (Å²) < 4.78 is 0. The number of carbonyl (C=O) groups is 1. The van der Waals surface area contributed by atoms with Crippen molar-refractivity contribution in [1.82, 2.24) is 15.2 Å². The first-order valence-electron chi connectivity index (χ1n) is 9.86. The number of hydrogen-bond acceptors (Lipinski definition) is 6. The Balaban J connectivity index is 1.49. The van der Waals surface area contributed by atoms with Gasteiger partial charge in [-0.25, -0.2) is 10.2 Å². The van der Waals surface area contributed by atoms with Gasteiger partial charge in [0.25, 0.3) is 12.6 Å². The smallest absolute Gasteiger partial charge is 0.278 e. The van der Waals surface area contributed by atoms with Crippen molar-refractivity contribution >= 4 is 30.2 Å². The van der Waals surface area contributed by atoms with Crippen molar-refractivity contribution in [3.63, 3.8) is 0 Å². The predicted molar refractivity (Wildman–Crippen MR) is 112 cm³/mol. The number of nitrogens with zero attached hydrogens (tertiary/aromatic N) is 4. The van der Waals surface area contributed by atoms with E-state index in [2.05, 4.69) is 33.4 Å². The maximum atomic E-state index is 12.4. The van der Waals surface area contributed by atoms with Crippen molar-refractivity contribution in [3.8, 4) is 5.97 Å². The quantitative estimate of drug-likeness (QED) is 0.394. The molecule has 3 rings (SSSR count). The molecule has 0 radical (unpaired) electrons. The van der Waals surface area contributed by atoms with Crippen LogP contribution in [0.4, 0.5) is 5.82 Å². The first kappa shape index (κ1) is 20.3. The number of pyridine rings is 1. The average Bonchev–Trinajstić information content (AvgIpc) is 3.14. The zero-order valence-electron chi connectivity index (χ0n) is 16.1. The molecule has 3 heterocycles. The number of fused-ring (bicyclic) bond motifs is 1. The van der Waals surface area contributed by atoms with Crippen LogP contribution in [0, 0.1) is 11.2 Å². The van der Waals surface area contributed by atoms with E-state index in [-0.39, 0.29) is 12.6 Å². The number of nitriles is 1. The molecule has 28 heavy (non-hydrogen) atoms. The molecule has 144 valence electrons. The number of unbranched alkanes of at least 4 members (excludes halogenated alkanes) is 4. The van der Waals surface area contributed by atoms with E-state index >= 15 is 0 Å². The van der Waals surface area contributed by atoms with Crippen molar-refractivity contribution in [1.29, 1.82) is 5.26 Å². The van der Waals surface area contributed by atoms with E-state index in [9.17, 15) is 4.79 Å². The summed E-state index contributed by atoms with van der Waals surface area (Å²) in [5, 5.41) is 20.9. The van der Waals surface area contributed by atoms with Crippen LogP contribution in [-0.4, -0.2) is 33.6 Å². The monoisotopic (exact) mass is 393 g/mol. The minimum atomic E-state index is -0.311. The summed E-state index contributed by atoms with van der Waals surface area (Å²) in [6.07, 6.45) is 7.61. The first-order valence-corrected chi connectivity index (χ1v) is 10.8. The molecule has 1 aliphatic heterocycles. The minimum absolute atomic E-state index is 0.0385. The molecule has 1 aliphatic rings. The van der Waals surface area contributed by atoms with Gasteiger partial charge in [-0.2, -0.15) is 0 Å². The third-order valence-electron chi connectivity index (χ3n) is 4.77. The Morgan fingerprint density at radius 1 is 1.18 bits per heavy atom. The highest BCUT2D eigenvalue weighted by Crippen LogP contribution is 2.21. The molecule has 8 heteroatoms. The van der Waals surface area contributed by atoms with Crippen LogP contribution in [-0.2, 0) is 12.6 Å². The fraction of sp³-hybridized carbons (Fsp3) is 0.450. The highest BCUT2D eigenvalue weighted by Gasteiger charge is 2.27. The molecule has 0 spiro atoms. The summed E-state index contributed by atoms with van der Waals surface area (Å²) in [5.41, 5.74) is 2.24. The van der Waals surface area contributed by atoms with Crippen LogP contribution in [0.2, 0.25) is 0 Å². The molecule has 6 nitrogen and oxygen atoms in total. The highest BCUT2D eigenvalue weighted by molar-refractivity contribution is 7.99. The number of rotatable bonds is 9. The van der Waals surface area contributed by atoms with Gasteiger partial charge in [-0.15, -0.1) is 22.0 Å². The lowest BCUT2D eigenvalue weighted by molar-refractivity contribution is 0.102. The standard InChI is InChI=1S/C20H24BN5OS/c1-2-3-4-5-6-11-28-19-10-9-18(25-26-19)24-20(27)16-8-7-15-12-21(14-22)13-17(15)23-16/h7-10H,2-6,11-13H2,1H3,(H,24,25,27). The van der Waals surface area contributed by atoms with E-state index in [0.29, 0.717) is 24.2 Å². The molecule has 0 fully saturated rings. The Morgan fingerprint density at radius 2 is 2.04 bits per heavy atom. The van der Waals surface area contributed by atoms with Gasteiger partial charge < -0.3 is 5.32 Å². The fourth-order valence-electron chi connectivity index (χ4n) is 3.21. The van der Waals surface area contributed by atoms with Gasteiger partial charge in [0, 0.05) is 11.7 Å². The van der Waals surface area contributed by atoms with Crippen molar-refractivity contribution in [2.75, 3.05) is 11.1 Å². The second kappa shape index (κ2) is 10.2. The Bertz CT molecular complexity index is 853. The van der Waals surface area contributed by atoms with Gasteiger partial charge in [-0.3, -0.25) is 4.79 Å². The van der Waals surface area contributed by atoms with Crippen molar-refractivity contribution in [2.45, 2.75) is 56.7 Å². The molecule has 0 aromatic carbocycles. The fourth-order valence-corrected chi connectivity index (χ4v) is 4.03.